The van der Waals surface area contributed by atoms with E-state index in [0.717, 1.165) is 6.54 Å². The first-order valence-corrected chi connectivity index (χ1v) is 5.39. The van der Waals surface area contributed by atoms with Crippen LogP contribution in [0.3, 0.4) is 0 Å². The Hall–Kier alpha value is -0.340. The van der Waals surface area contributed by atoms with E-state index in [1.807, 2.05) is 0 Å². The molecule has 74 valence electrons. The Morgan fingerprint density at radius 1 is 1.31 bits per heavy atom. The second kappa shape index (κ2) is 3.43. The van der Waals surface area contributed by atoms with E-state index >= 15 is 0 Å². The number of rotatable bonds is 1. The average Bonchev–Trinajstić information content (AvgIpc) is 2.54. The zero-order valence-corrected chi connectivity index (χ0v) is 8.71. The zero-order chi connectivity index (χ0) is 9.31. The van der Waals surface area contributed by atoms with Gasteiger partial charge >= 0.3 is 0 Å². The average molecular weight is 180 g/mol. The Balaban J connectivity index is 1.92. The summed E-state index contributed by atoms with van der Waals surface area (Å²) in [6.07, 6.45) is 7.21. The van der Waals surface area contributed by atoms with Crippen molar-refractivity contribution in [3.8, 4) is 0 Å². The fourth-order valence-electron chi connectivity index (χ4n) is 2.39. The molecule has 2 heteroatoms. The normalized spacial score (nSPS) is 27.6. The number of piperidine rings is 1. The smallest absolute Gasteiger partial charge is 0.0391 e. The molecule has 0 aromatic rings. The first-order chi connectivity index (χ1) is 6.22. The third-order valence-electron chi connectivity index (χ3n) is 3.43. The molecule has 0 aliphatic carbocycles. The van der Waals surface area contributed by atoms with Crippen molar-refractivity contribution in [3.05, 3.63) is 12.2 Å². The van der Waals surface area contributed by atoms with Crippen LogP contribution in [0, 0.1) is 0 Å². The van der Waals surface area contributed by atoms with Crippen LogP contribution < -0.4 is 5.32 Å². The van der Waals surface area contributed by atoms with Gasteiger partial charge in [-0.05, 0) is 26.7 Å². The van der Waals surface area contributed by atoms with E-state index < -0.39 is 0 Å². The molecule has 2 aliphatic rings. The Morgan fingerprint density at radius 2 is 2.00 bits per heavy atom. The molecule has 2 aliphatic heterocycles. The molecule has 2 heterocycles. The lowest BCUT2D eigenvalue weighted by Crippen LogP contribution is -2.51. The maximum absolute atomic E-state index is 3.59. The monoisotopic (exact) mass is 180 g/mol. The highest BCUT2D eigenvalue weighted by Crippen LogP contribution is 2.26. The van der Waals surface area contributed by atoms with Gasteiger partial charge in [0.25, 0.3) is 0 Å². The summed E-state index contributed by atoms with van der Waals surface area (Å²) in [6, 6.07) is 0.711. The Morgan fingerprint density at radius 3 is 2.46 bits per heavy atom. The van der Waals surface area contributed by atoms with Gasteiger partial charge in [-0.2, -0.15) is 0 Å². The van der Waals surface area contributed by atoms with Crippen LogP contribution in [0.1, 0.15) is 26.7 Å². The maximum atomic E-state index is 3.59. The van der Waals surface area contributed by atoms with Crippen molar-refractivity contribution >= 4 is 0 Å². The van der Waals surface area contributed by atoms with Gasteiger partial charge in [0.2, 0.25) is 0 Å². The third kappa shape index (κ3) is 1.79. The molecule has 13 heavy (non-hydrogen) atoms. The van der Waals surface area contributed by atoms with E-state index in [1.54, 1.807) is 0 Å². The Kier molecular flexibility index (Phi) is 2.43. The van der Waals surface area contributed by atoms with E-state index in [2.05, 4.69) is 36.2 Å². The first kappa shape index (κ1) is 9.22. The highest BCUT2D eigenvalue weighted by Gasteiger charge is 2.33. The molecule has 0 bridgehead atoms. The van der Waals surface area contributed by atoms with E-state index in [9.17, 15) is 0 Å². The van der Waals surface area contributed by atoms with Gasteiger partial charge in [-0.15, -0.1) is 0 Å². The SMILES string of the molecule is CC(C)N1CCC2(C=CCN2)CC1. The molecular weight excluding hydrogens is 160 g/mol. The van der Waals surface area contributed by atoms with Gasteiger partial charge in [0.1, 0.15) is 0 Å². The molecular formula is C11H20N2. The molecule has 1 N–H and O–H groups in total. The fraction of sp³-hybridized carbons (Fsp3) is 0.818. The molecule has 2 rings (SSSR count). The summed E-state index contributed by atoms with van der Waals surface area (Å²) in [5.41, 5.74) is 0.366. The summed E-state index contributed by atoms with van der Waals surface area (Å²) in [7, 11) is 0. The van der Waals surface area contributed by atoms with Gasteiger partial charge in [0.15, 0.2) is 0 Å². The van der Waals surface area contributed by atoms with Gasteiger partial charge in [0, 0.05) is 31.2 Å². The van der Waals surface area contributed by atoms with Crippen molar-refractivity contribution in [2.24, 2.45) is 0 Å². The summed E-state index contributed by atoms with van der Waals surface area (Å²) >= 11 is 0. The van der Waals surface area contributed by atoms with Crippen LogP contribution >= 0.6 is 0 Å². The second-order valence-electron chi connectivity index (χ2n) is 4.57. The summed E-state index contributed by atoms with van der Waals surface area (Å²) in [5, 5.41) is 3.59. The minimum Gasteiger partial charge on any atom is -0.304 e. The van der Waals surface area contributed by atoms with Crippen LogP contribution in [0.5, 0.6) is 0 Å². The third-order valence-corrected chi connectivity index (χ3v) is 3.43. The van der Waals surface area contributed by atoms with Crippen molar-refractivity contribution in [1.29, 1.82) is 0 Å². The van der Waals surface area contributed by atoms with Crippen molar-refractivity contribution < 1.29 is 0 Å². The Bertz CT molecular complexity index is 200. The van der Waals surface area contributed by atoms with Crippen LogP contribution in [-0.2, 0) is 0 Å². The summed E-state index contributed by atoms with van der Waals surface area (Å²) in [6.45, 7) is 8.14. The summed E-state index contributed by atoms with van der Waals surface area (Å²) in [4.78, 5) is 2.57. The summed E-state index contributed by atoms with van der Waals surface area (Å²) in [5.74, 6) is 0. The van der Waals surface area contributed by atoms with Gasteiger partial charge in [-0.25, -0.2) is 0 Å². The lowest BCUT2D eigenvalue weighted by Gasteiger charge is -2.40. The van der Waals surface area contributed by atoms with Gasteiger partial charge in [-0.3, -0.25) is 0 Å². The second-order valence-corrected chi connectivity index (χ2v) is 4.57. The highest BCUT2D eigenvalue weighted by molar-refractivity contribution is 5.15. The number of hydrogen-bond donors (Lipinski definition) is 1. The molecule has 0 amide bonds. The topological polar surface area (TPSA) is 15.3 Å². The molecule has 0 saturated carbocycles. The molecule has 0 aromatic carbocycles. The van der Waals surface area contributed by atoms with E-state index in [4.69, 9.17) is 0 Å². The minimum atomic E-state index is 0.366. The predicted molar refractivity (Wildman–Crippen MR) is 55.8 cm³/mol. The van der Waals surface area contributed by atoms with Gasteiger partial charge < -0.3 is 10.2 Å². The first-order valence-electron chi connectivity index (χ1n) is 5.39. The lowest BCUT2D eigenvalue weighted by molar-refractivity contribution is 0.139. The van der Waals surface area contributed by atoms with Gasteiger partial charge in [-0.1, -0.05) is 12.2 Å². The molecule has 1 fully saturated rings. The molecule has 1 saturated heterocycles. The maximum Gasteiger partial charge on any atom is 0.0391 e. The highest BCUT2D eigenvalue weighted by atomic mass is 15.2. The largest absolute Gasteiger partial charge is 0.304 e. The van der Waals surface area contributed by atoms with E-state index in [0.29, 0.717) is 11.6 Å². The van der Waals surface area contributed by atoms with Crippen molar-refractivity contribution in [2.45, 2.75) is 38.3 Å². The van der Waals surface area contributed by atoms with Crippen molar-refractivity contribution in [3.63, 3.8) is 0 Å². The van der Waals surface area contributed by atoms with Gasteiger partial charge in [0.05, 0.1) is 0 Å². The van der Waals surface area contributed by atoms with Crippen LogP contribution in [-0.4, -0.2) is 36.1 Å². The van der Waals surface area contributed by atoms with E-state index in [1.165, 1.54) is 25.9 Å². The fourth-order valence-corrected chi connectivity index (χ4v) is 2.39. The zero-order valence-electron chi connectivity index (χ0n) is 8.71. The van der Waals surface area contributed by atoms with Crippen molar-refractivity contribution in [2.75, 3.05) is 19.6 Å². The lowest BCUT2D eigenvalue weighted by atomic mass is 9.88. The van der Waals surface area contributed by atoms with Crippen molar-refractivity contribution in [1.82, 2.24) is 10.2 Å². The van der Waals surface area contributed by atoms with Crippen LogP contribution in [0.4, 0.5) is 0 Å². The standard InChI is InChI=1S/C11H20N2/c1-10(2)13-8-5-11(6-9-13)4-3-7-12-11/h3-4,10,12H,5-9H2,1-2H3. The molecule has 1 spiro atoms. The molecule has 0 aromatic heterocycles. The minimum absolute atomic E-state index is 0.366. The van der Waals surface area contributed by atoms with Crippen LogP contribution in [0.15, 0.2) is 12.2 Å². The quantitative estimate of drug-likeness (QED) is 0.613. The molecule has 2 nitrogen and oxygen atoms in total. The van der Waals surface area contributed by atoms with E-state index in [-0.39, 0.29) is 0 Å². The summed E-state index contributed by atoms with van der Waals surface area (Å²) < 4.78 is 0. The predicted octanol–water partition coefficient (Wildman–Crippen LogP) is 1.39. The number of nitrogens with zero attached hydrogens (tertiary/aromatic N) is 1. The van der Waals surface area contributed by atoms with Crippen LogP contribution in [0.25, 0.3) is 0 Å². The molecule has 0 atom stereocenters. The number of nitrogens with one attached hydrogen (secondary N) is 1. The molecule has 0 unspecified atom stereocenters. The number of hydrogen-bond acceptors (Lipinski definition) is 2. The number of likely N-dealkylation sites (tertiary alicyclic amines) is 1. The Labute approximate surface area is 81.0 Å². The molecule has 0 radical (unpaired) electrons. The van der Waals surface area contributed by atoms with Crippen LogP contribution in [0.2, 0.25) is 0 Å².